The van der Waals surface area contributed by atoms with Gasteiger partial charge in [-0.25, -0.2) is 9.24 Å². The van der Waals surface area contributed by atoms with Gasteiger partial charge in [-0.3, -0.25) is 9.59 Å². The number of carbonyl (C=O) groups is 2. The molecule has 2 N–H and O–H groups in total. The van der Waals surface area contributed by atoms with Gasteiger partial charge < -0.3 is 10.4 Å². The summed E-state index contributed by atoms with van der Waals surface area (Å²) in [6.07, 6.45) is -1.15. The van der Waals surface area contributed by atoms with Crippen molar-refractivity contribution in [1.29, 1.82) is 0 Å². The number of carbonyl (C=O) groups excluding carboxylic acids is 1. The van der Waals surface area contributed by atoms with Gasteiger partial charge in [0.05, 0.1) is 12.0 Å². The lowest BCUT2D eigenvalue weighted by Gasteiger charge is -2.40. The van der Waals surface area contributed by atoms with E-state index in [2.05, 4.69) is 10.2 Å². The van der Waals surface area contributed by atoms with Crippen LogP contribution in [0.4, 0.5) is 15.8 Å². The maximum Gasteiger partial charge on any atom is 0.314 e. The van der Waals surface area contributed by atoms with E-state index in [1.54, 1.807) is 42.5 Å². The maximum atomic E-state index is 13.2. The fraction of sp³-hybridized carbons (Fsp3) is 0.211. The van der Waals surface area contributed by atoms with Crippen molar-refractivity contribution in [2.24, 2.45) is 0 Å². The van der Waals surface area contributed by atoms with Crippen LogP contribution >= 0.6 is 0 Å². The van der Waals surface area contributed by atoms with Gasteiger partial charge in [-0.2, -0.15) is 0 Å². The number of amides is 1. The fourth-order valence-corrected chi connectivity index (χ4v) is 3.02. The third-order valence-electron chi connectivity index (χ3n) is 4.48. The van der Waals surface area contributed by atoms with Crippen LogP contribution in [0.3, 0.4) is 0 Å². The first-order valence-corrected chi connectivity index (χ1v) is 7.71. The van der Waals surface area contributed by atoms with Gasteiger partial charge in [0.15, 0.2) is 5.69 Å². The average molecular weight is 338 g/mol. The van der Waals surface area contributed by atoms with E-state index >= 15 is 0 Å². The highest BCUT2D eigenvalue weighted by Crippen LogP contribution is 2.46. The van der Waals surface area contributed by atoms with Crippen LogP contribution in [-0.2, 0) is 10.2 Å². The lowest BCUT2D eigenvalue weighted by Crippen LogP contribution is -2.48. The summed E-state index contributed by atoms with van der Waals surface area (Å²) >= 11 is 0. The minimum Gasteiger partial charge on any atom is -0.481 e. The highest BCUT2D eigenvalue weighted by molar-refractivity contribution is 6.04. The lowest BCUT2D eigenvalue weighted by atomic mass is 9.63. The molecular weight excluding hydrogens is 323 g/mol. The van der Waals surface area contributed by atoms with Crippen LogP contribution in [0.1, 0.15) is 28.8 Å². The van der Waals surface area contributed by atoms with Gasteiger partial charge >= 0.3 is 5.97 Å². The largest absolute Gasteiger partial charge is 0.481 e. The molecule has 2 aromatic rings. The zero-order valence-corrected chi connectivity index (χ0v) is 13.2. The first-order valence-electron chi connectivity index (χ1n) is 7.71. The van der Waals surface area contributed by atoms with E-state index in [4.69, 9.17) is 6.57 Å². The van der Waals surface area contributed by atoms with Crippen molar-refractivity contribution >= 4 is 23.3 Å². The fourth-order valence-electron chi connectivity index (χ4n) is 3.02. The number of benzene rings is 2. The summed E-state index contributed by atoms with van der Waals surface area (Å²) in [6.45, 7) is 6.98. The summed E-state index contributed by atoms with van der Waals surface area (Å²) < 4.78 is 13.2. The minimum atomic E-state index is -1.17. The summed E-state index contributed by atoms with van der Waals surface area (Å²) in [5, 5.41) is 12.1. The average Bonchev–Trinajstić information content (AvgIpc) is 2.59. The monoisotopic (exact) mass is 338 g/mol. The molecule has 3 rings (SSSR count). The van der Waals surface area contributed by atoms with Crippen molar-refractivity contribution in [1.82, 2.24) is 0 Å². The molecule has 1 aliphatic carbocycles. The van der Waals surface area contributed by atoms with E-state index in [0.717, 1.165) is 0 Å². The van der Waals surface area contributed by atoms with Crippen LogP contribution in [0.25, 0.3) is 4.85 Å². The molecule has 5 nitrogen and oxygen atoms in total. The molecule has 0 saturated heterocycles. The number of nitrogens with zero attached hydrogens (tertiary/aromatic N) is 1. The number of carboxylic acids is 1. The number of anilines is 1. The Morgan fingerprint density at radius 1 is 1.20 bits per heavy atom. The Kier molecular flexibility index (Phi) is 4.24. The predicted octanol–water partition coefficient (Wildman–Crippen LogP) is 3.94. The van der Waals surface area contributed by atoms with Gasteiger partial charge in [0, 0.05) is 11.3 Å². The number of carboxylic acid groups (broad SMARTS) is 1. The van der Waals surface area contributed by atoms with Crippen molar-refractivity contribution in [2.45, 2.75) is 24.4 Å². The predicted molar refractivity (Wildman–Crippen MR) is 90.5 cm³/mol. The Morgan fingerprint density at radius 2 is 1.88 bits per heavy atom. The summed E-state index contributed by atoms with van der Waals surface area (Å²) in [5.41, 5.74) is 0.586. The second-order valence-corrected chi connectivity index (χ2v) is 6.09. The topological polar surface area (TPSA) is 70.8 Å². The van der Waals surface area contributed by atoms with Gasteiger partial charge in [-0.05, 0) is 36.6 Å². The van der Waals surface area contributed by atoms with E-state index < -0.39 is 17.6 Å². The molecule has 0 radical (unpaired) electrons. The highest BCUT2D eigenvalue weighted by Gasteiger charge is 2.52. The molecule has 1 saturated carbocycles. The second-order valence-electron chi connectivity index (χ2n) is 6.09. The van der Waals surface area contributed by atoms with E-state index in [1.165, 1.54) is 6.07 Å². The summed E-state index contributed by atoms with van der Waals surface area (Å²) in [4.78, 5) is 27.0. The van der Waals surface area contributed by atoms with Crippen molar-refractivity contribution in [3.8, 4) is 0 Å². The van der Waals surface area contributed by atoms with Gasteiger partial charge in [-0.1, -0.05) is 30.3 Å². The molecule has 2 aromatic carbocycles. The highest BCUT2D eigenvalue weighted by atomic mass is 19.1. The standard InChI is InChI=1S/C19H15FN2O3/c1-21-16-4-2-3-12(9-16)17(23)22-15-7-5-13(6-8-15)19(18(24)25)10-14(20)11-19/h2-9,14H,10-11H2,(H,22,23)(H,24,25). The third kappa shape index (κ3) is 3.09. The van der Waals surface area contributed by atoms with Crippen molar-refractivity contribution in [3.63, 3.8) is 0 Å². The van der Waals surface area contributed by atoms with Crippen LogP contribution in [0, 0.1) is 6.57 Å². The Bertz CT molecular complexity index is 865. The molecule has 1 amide bonds. The number of rotatable bonds is 4. The Labute approximate surface area is 143 Å². The number of nitrogens with one attached hydrogen (secondary N) is 1. The van der Waals surface area contributed by atoms with Crippen molar-refractivity contribution < 1.29 is 19.1 Å². The smallest absolute Gasteiger partial charge is 0.314 e. The van der Waals surface area contributed by atoms with E-state index in [1.807, 2.05) is 0 Å². The van der Waals surface area contributed by atoms with Crippen LogP contribution in [0.5, 0.6) is 0 Å². The summed E-state index contributed by atoms with van der Waals surface area (Å²) in [5.74, 6) is -1.40. The van der Waals surface area contributed by atoms with Crippen molar-refractivity contribution in [3.05, 3.63) is 71.1 Å². The van der Waals surface area contributed by atoms with Crippen LogP contribution < -0.4 is 5.32 Å². The second kappa shape index (κ2) is 6.36. The van der Waals surface area contributed by atoms with Gasteiger partial charge in [0.1, 0.15) is 6.17 Å². The molecule has 0 spiro atoms. The Balaban J connectivity index is 1.76. The van der Waals surface area contributed by atoms with E-state index in [-0.39, 0.29) is 18.7 Å². The zero-order valence-electron chi connectivity index (χ0n) is 13.2. The molecule has 6 heteroatoms. The first-order chi connectivity index (χ1) is 11.9. The molecule has 1 aliphatic rings. The molecule has 0 atom stereocenters. The minimum absolute atomic E-state index is 0.0303. The van der Waals surface area contributed by atoms with E-state index in [9.17, 15) is 19.1 Å². The van der Waals surface area contributed by atoms with Crippen molar-refractivity contribution in [2.75, 3.05) is 5.32 Å². The van der Waals surface area contributed by atoms with Gasteiger partial charge in [0.2, 0.25) is 0 Å². The Hall–Kier alpha value is -3.20. The third-order valence-corrected chi connectivity index (χ3v) is 4.48. The number of alkyl halides is 1. The lowest BCUT2D eigenvalue weighted by molar-refractivity contribution is -0.150. The van der Waals surface area contributed by atoms with Crippen LogP contribution in [0.15, 0.2) is 48.5 Å². The SMILES string of the molecule is [C-]#[N+]c1cccc(C(=O)Nc2ccc(C3(C(=O)O)CC(F)C3)cc2)c1. The number of aliphatic carboxylic acids is 1. The molecular formula is C19H15FN2O3. The molecule has 0 unspecified atom stereocenters. The normalized spacial score (nSPS) is 21.7. The molecule has 25 heavy (non-hydrogen) atoms. The molecule has 1 fully saturated rings. The Morgan fingerprint density at radius 3 is 2.44 bits per heavy atom. The molecule has 0 heterocycles. The first kappa shape index (κ1) is 16.7. The zero-order chi connectivity index (χ0) is 18.0. The van der Waals surface area contributed by atoms with Gasteiger partial charge in [-0.15, -0.1) is 0 Å². The number of hydrogen-bond donors (Lipinski definition) is 2. The summed E-state index contributed by atoms with van der Waals surface area (Å²) in [6, 6.07) is 12.7. The van der Waals surface area contributed by atoms with E-state index in [0.29, 0.717) is 22.5 Å². The molecule has 0 bridgehead atoms. The van der Waals surface area contributed by atoms with Crippen LogP contribution in [-0.4, -0.2) is 23.2 Å². The quantitative estimate of drug-likeness (QED) is 0.830. The summed E-state index contributed by atoms with van der Waals surface area (Å²) in [7, 11) is 0. The molecule has 0 aliphatic heterocycles. The maximum absolute atomic E-state index is 13.2. The number of hydrogen-bond acceptors (Lipinski definition) is 2. The van der Waals surface area contributed by atoms with Gasteiger partial charge in [0.25, 0.3) is 5.91 Å². The molecule has 0 aromatic heterocycles. The van der Waals surface area contributed by atoms with Crippen LogP contribution in [0.2, 0.25) is 0 Å². The molecule has 126 valence electrons. The number of halogens is 1.